The molecule has 1 N–H and O–H groups in total. The smallest absolute Gasteiger partial charge is 0.0593 e. The molecule has 1 saturated heterocycles. The Bertz CT molecular complexity index is 291. The van der Waals surface area contributed by atoms with E-state index in [0.29, 0.717) is 17.5 Å². The van der Waals surface area contributed by atoms with Gasteiger partial charge in [-0.05, 0) is 25.2 Å². The van der Waals surface area contributed by atoms with Gasteiger partial charge in [0.1, 0.15) is 0 Å². The summed E-state index contributed by atoms with van der Waals surface area (Å²) in [6, 6.07) is 0.652. The average molecular weight is 298 g/mol. The summed E-state index contributed by atoms with van der Waals surface area (Å²) >= 11 is 0. The van der Waals surface area contributed by atoms with Crippen LogP contribution < -0.4 is 5.32 Å². The molecule has 2 rings (SSSR count). The Morgan fingerprint density at radius 3 is 2.62 bits per heavy atom. The number of methoxy groups -OCH3 is 1. The van der Waals surface area contributed by atoms with E-state index in [0.717, 1.165) is 39.3 Å². The van der Waals surface area contributed by atoms with E-state index in [2.05, 4.69) is 24.1 Å². The number of hydrogen-bond acceptors (Lipinski definition) is 4. The fourth-order valence-electron chi connectivity index (χ4n) is 3.89. The van der Waals surface area contributed by atoms with Crippen LogP contribution in [0.4, 0.5) is 0 Å². The minimum Gasteiger partial charge on any atom is -0.385 e. The highest BCUT2D eigenvalue weighted by Gasteiger charge is 2.41. The fourth-order valence-corrected chi connectivity index (χ4v) is 3.89. The lowest BCUT2D eigenvalue weighted by Gasteiger charge is -2.48. The number of hydrogen-bond donors (Lipinski definition) is 1. The summed E-state index contributed by atoms with van der Waals surface area (Å²) in [4.78, 5) is 2.68. The van der Waals surface area contributed by atoms with E-state index in [1.54, 1.807) is 7.11 Å². The van der Waals surface area contributed by atoms with Crippen molar-refractivity contribution in [1.82, 2.24) is 10.2 Å². The summed E-state index contributed by atoms with van der Waals surface area (Å²) in [5.41, 5.74) is 0.404. The third-order valence-corrected chi connectivity index (χ3v) is 5.15. The van der Waals surface area contributed by atoms with Crippen molar-refractivity contribution in [3.63, 3.8) is 0 Å². The first-order valence-corrected chi connectivity index (χ1v) is 8.73. The zero-order valence-corrected chi connectivity index (χ0v) is 14.2. The minimum absolute atomic E-state index is 0.404. The molecule has 2 fully saturated rings. The predicted molar refractivity (Wildman–Crippen MR) is 86.7 cm³/mol. The molecule has 0 aromatic heterocycles. The van der Waals surface area contributed by atoms with Gasteiger partial charge in [0.05, 0.1) is 6.61 Å². The molecule has 0 aromatic rings. The van der Waals surface area contributed by atoms with E-state index >= 15 is 0 Å². The summed E-state index contributed by atoms with van der Waals surface area (Å²) in [5.74, 6) is 0.699. The third kappa shape index (κ3) is 4.92. The van der Waals surface area contributed by atoms with E-state index < -0.39 is 0 Å². The molecule has 21 heavy (non-hydrogen) atoms. The summed E-state index contributed by atoms with van der Waals surface area (Å²) in [7, 11) is 1.75. The first kappa shape index (κ1) is 17.2. The quantitative estimate of drug-likeness (QED) is 0.697. The van der Waals surface area contributed by atoms with Crippen LogP contribution in [0.2, 0.25) is 0 Å². The second-order valence-corrected chi connectivity index (χ2v) is 7.11. The monoisotopic (exact) mass is 298 g/mol. The van der Waals surface area contributed by atoms with E-state index in [-0.39, 0.29) is 0 Å². The number of nitrogens with one attached hydrogen (secondary N) is 1. The van der Waals surface area contributed by atoms with E-state index in [9.17, 15) is 0 Å². The first-order chi connectivity index (χ1) is 10.2. The average Bonchev–Trinajstić information content (AvgIpc) is 2.90. The topological polar surface area (TPSA) is 33.7 Å². The summed E-state index contributed by atoms with van der Waals surface area (Å²) < 4.78 is 10.8. The Morgan fingerprint density at radius 1 is 1.19 bits per heavy atom. The molecule has 1 heterocycles. The van der Waals surface area contributed by atoms with E-state index in [1.807, 2.05) is 0 Å². The van der Waals surface area contributed by atoms with Crippen LogP contribution in [0.25, 0.3) is 0 Å². The molecule has 1 saturated carbocycles. The van der Waals surface area contributed by atoms with Crippen molar-refractivity contribution in [2.24, 2.45) is 5.92 Å². The van der Waals surface area contributed by atoms with Crippen molar-refractivity contribution in [1.29, 1.82) is 0 Å². The molecule has 1 atom stereocenters. The Kier molecular flexibility index (Phi) is 6.93. The highest BCUT2D eigenvalue weighted by Crippen LogP contribution is 2.34. The number of ether oxygens (including phenoxy) is 2. The standard InChI is InChI=1S/C17H34N2O2/c1-15(2)16-13-18-17(7-4-5-8-17)14-19(16)9-12-21-11-6-10-20-3/h15-16,18H,4-14H2,1-3H3. The molecule has 4 heteroatoms. The van der Waals surface area contributed by atoms with E-state index in [4.69, 9.17) is 9.47 Å². The molecule has 4 nitrogen and oxygen atoms in total. The van der Waals surface area contributed by atoms with Crippen LogP contribution in [-0.2, 0) is 9.47 Å². The van der Waals surface area contributed by atoms with Gasteiger partial charge in [-0.1, -0.05) is 26.7 Å². The van der Waals surface area contributed by atoms with Gasteiger partial charge in [-0.3, -0.25) is 4.90 Å². The molecular formula is C17H34N2O2. The molecular weight excluding hydrogens is 264 g/mol. The second kappa shape index (κ2) is 8.47. The van der Waals surface area contributed by atoms with Crippen LogP contribution >= 0.6 is 0 Å². The molecule has 1 aliphatic carbocycles. The maximum Gasteiger partial charge on any atom is 0.0593 e. The zero-order valence-electron chi connectivity index (χ0n) is 14.2. The molecule has 1 aliphatic heterocycles. The Morgan fingerprint density at radius 2 is 1.95 bits per heavy atom. The molecule has 0 amide bonds. The number of rotatable bonds is 8. The van der Waals surface area contributed by atoms with Crippen LogP contribution in [0.3, 0.4) is 0 Å². The molecule has 0 aromatic carbocycles. The summed E-state index contributed by atoms with van der Waals surface area (Å²) in [6.45, 7) is 10.6. The van der Waals surface area contributed by atoms with Crippen molar-refractivity contribution in [2.75, 3.05) is 46.6 Å². The SMILES string of the molecule is COCCCOCCN1CC2(CCCC2)NCC1C(C)C. The van der Waals surface area contributed by atoms with Crippen molar-refractivity contribution in [2.45, 2.75) is 57.5 Å². The normalized spacial score (nSPS) is 26.0. The van der Waals surface area contributed by atoms with Gasteiger partial charge in [0, 0.05) is 51.5 Å². The molecule has 2 aliphatic rings. The highest BCUT2D eigenvalue weighted by molar-refractivity contribution is 5.01. The molecule has 0 radical (unpaired) electrons. The fraction of sp³-hybridized carbons (Fsp3) is 1.00. The Hall–Kier alpha value is -0.160. The molecule has 1 spiro atoms. The maximum absolute atomic E-state index is 5.78. The number of nitrogens with zero attached hydrogens (tertiary/aromatic N) is 1. The lowest BCUT2D eigenvalue weighted by molar-refractivity contribution is 0.0227. The number of piperazine rings is 1. The largest absolute Gasteiger partial charge is 0.385 e. The summed E-state index contributed by atoms with van der Waals surface area (Å²) in [5, 5.41) is 3.88. The summed E-state index contributed by atoms with van der Waals surface area (Å²) in [6.07, 6.45) is 6.48. The van der Waals surface area contributed by atoms with Gasteiger partial charge in [0.15, 0.2) is 0 Å². The van der Waals surface area contributed by atoms with Crippen molar-refractivity contribution in [3.05, 3.63) is 0 Å². The van der Waals surface area contributed by atoms with Gasteiger partial charge < -0.3 is 14.8 Å². The van der Waals surface area contributed by atoms with Crippen molar-refractivity contribution >= 4 is 0 Å². The van der Waals surface area contributed by atoms with Gasteiger partial charge in [-0.15, -0.1) is 0 Å². The van der Waals surface area contributed by atoms with Crippen LogP contribution in [0, 0.1) is 5.92 Å². The molecule has 124 valence electrons. The second-order valence-electron chi connectivity index (χ2n) is 7.11. The van der Waals surface area contributed by atoms with Crippen LogP contribution in [0.5, 0.6) is 0 Å². The van der Waals surface area contributed by atoms with Gasteiger partial charge in [0.2, 0.25) is 0 Å². The Balaban J connectivity index is 1.77. The van der Waals surface area contributed by atoms with Crippen LogP contribution in [0.1, 0.15) is 46.0 Å². The Labute approximate surface area is 130 Å². The first-order valence-electron chi connectivity index (χ1n) is 8.73. The van der Waals surface area contributed by atoms with Crippen molar-refractivity contribution in [3.8, 4) is 0 Å². The van der Waals surface area contributed by atoms with Crippen LogP contribution in [-0.4, -0.2) is 63.0 Å². The van der Waals surface area contributed by atoms with Gasteiger partial charge in [0.25, 0.3) is 0 Å². The van der Waals surface area contributed by atoms with Gasteiger partial charge in [-0.2, -0.15) is 0 Å². The minimum atomic E-state index is 0.404. The zero-order chi connectivity index (χ0) is 15.1. The third-order valence-electron chi connectivity index (χ3n) is 5.15. The lowest BCUT2D eigenvalue weighted by Crippen LogP contribution is -2.64. The highest BCUT2D eigenvalue weighted by atomic mass is 16.5. The van der Waals surface area contributed by atoms with Crippen LogP contribution in [0.15, 0.2) is 0 Å². The predicted octanol–water partition coefficient (Wildman–Crippen LogP) is 2.28. The maximum atomic E-state index is 5.78. The molecule has 0 bridgehead atoms. The lowest BCUT2D eigenvalue weighted by atomic mass is 9.89. The van der Waals surface area contributed by atoms with Gasteiger partial charge >= 0.3 is 0 Å². The van der Waals surface area contributed by atoms with Gasteiger partial charge in [-0.25, -0.2) is 0 Å². The van der Waals surface area contributed by atoms with E-state index in [1.165, 1.54) is 32.2 Å². The molecule has 1 unspecified atom stereocenters. The van der Waals surface area contributed by atoms with Crippen molar-refractivity contribution < 1.29 is 9.47 Å².